The third-order valence-corrected chi connectivity index (χ3v) is 3.89. The zero-order chi connectivity index (χ0) is 19.6. The highest BCUT2D eigenvalue weighted by Crippen LogP contribution is 2.18. The Morgan fingerprint density at radius 1 is 1.26 bits per heavy atom. The van der Waals surface area contributed by atoms with Crippen molar-refractivity contribution >= 4 is 22.9 Å². The van der Waals surface area contributed by atoms with E-state index in [1.807, 2.05) is 20.8 Å². The van der Waals surface area contributed by atoms with Crippen LogP contribution in [0.5, 0.6) is 0 Å². The van der Waals surface area contributed by atoms with Gasteiger partial charge in [-0.2, -0.15) is 10.1 Å². The molecule has 0 aliphatic carbocycles. The number of halogens is 1. The molecule has 1 amide bonds. The Balaban J connectivity index is 1.66. The molecule has 0 aliphatic rings. The number of fused-ring (bicyclic) bond motifs is 1. The summed E-state index contributed by atoms with van der Waals surface area (Å²) in [5.74, 6) is -0.800. The van der Waals surface area contributed by atoms with Gasteiger partial charge in [0.1, 0.15) is 11.2 Å². The summed E-state index contributed by atoms with van der Waals surface area (Å²) in [6, 6.07) is 5.76. The molecule has 0 atom stereocenters. The lowest BCUT2D eigenvalue weighted by atomic mass is 10.1. The van der Waals surface area contributed by atoms with Gasteiger partial charge in [-0.05, 0) is 32.9 Å². The Morgan fingerprint density at radius 3 is 2.70 bits per heavy atom. The average molecular weight is 372 g/mol. The molecule has 0 bridgehead atoms. The van der Waals surface area contributed by atoms with Gasteiger partial charge in [-0.15, -0.1) is 0 Å². The fourth-order valence-electron chi connectivity index (χ4n) is 2.59. The van der Waals surface area contributed by atoms with Crippen molar-refractivity contribution < 1.29 is 9.18 Å². The first kappa shape index (κ1) is 18.6. The highest BCUT2D eigenvalue weighted by molar-refractivity contribution is 5.94. The van der Waals surface area contributed by atoms with E-state index in [0.29, 0.717) is 17.6 Å². The number of amides is 1. The first-order valence-corrected chi connectivity index (χ1v) is 8.52. The molecule has 0 aliphatic heterocycles. The second-order valence-corrected chi connectivity index (χ2v) is 7.04. The maximum atomic E-state index is 13.6. The summed E-state index contributed by atoms with van der Waals surface area (Å²) in [6.45, 7) is 6.43. The lowest BCUT2D eigenvalue weighted by Gasteiger charge is -2.19. The third-order valence-electron chi connectivity index (χ3n) is 3.89. The zero-order valence-electron chi connectivity index (χ0n) is 15.3. The molecule has 9 heteroatoms. The van der Waals surface area contributed by atoms with Crippen molar-refractivity contribution in [3.63, 3.8) is 0 Å². The first-order chi connectivity index (χ1) is 12.8. The molecule has 3 aromatic rings. The molecule has 3 N–H and O–H groups in total. The Labute approximate surface area is 154 Å². The van der Waals surface area contributed by atoms with Gasteiger partial charge in [0.15, 0.2) is 5.65 Å². The van der Waals surface area contributed by atoms with Crippen LogP contribution >= 0.6 is 0 Å². The van der Waals surface area contributed by atoms with Gasteiger partial charge < -0.3 is 10.6 Å². The highest BCUT2D eigenvalue weighted by atomic mass is 19.1. The number of nitrogens with one attached hydrogen (secondary N) is 3. The molecule has 0 radical (unpaired) electrons. The van der Waals surface area contributed by atoms with Gasteiger partial charge in [-0.1, -0.05) is 12.1 Å². The SMILES string of the molecule is CC(C)(C)n1ncc2c(=O)[nH]c(NCCNC(=O)c3ccccc3F)nc21. The van der Waals surface area contributed by atoms with Gasteiger partial charge in [0.25, 0.3) is 11.5 Å². The molecule has 142 valence electrons. The number of benzene rings is 1. The second-order valence-electron chi connectivity index (χ2n) is 7.04. The van der Waals surface area contributed by atoms with Crippen molar-refractivity contribution in [2.45, 2.75) is 26.3 Å². The Morgan fingerprint density at radius 2 is 2.00 bits per heavy atom. The number of hydrogen-bond donors (Lipinski definition) is 3. The molecule has 0 saturated carbocycles. The summed E-state index contributed by atoms with van der Waals surface area (Å²) >= 11 is 0. The summed E-state index contributed by atoms with van der Waals surface area (Å²) in [4.78, 5) is 31.2. The zero-order valence-corrected chi connectivity index (χ0v) is 15.3. The molecule has 8 nitrogen and oxygen atoms in total. The van der Waals surface area contributed by atoms with Crippen LogP contribution in [0.2, 0.25) is 0 Å². The van der Waals surface area contributed by atoms with Crippen LogP contribution in [0.4, 0.5) is 10.3 Å². The highest BCUT2D eigenvalue weighted by Gasteiger charge is 2.19. The van der Waals surface area contributed by atoms with Crippen molar-refractivity contribution in [2.75, 3.05) is 18.4 Å². The smallest absolute Gasteiger partial charge is 0.263 e. The fourth-order valence-corrected chi connectivity index (χ4v) is 2.59. The number of aromatic amines is 1. The van der Waals surface area contributed by atoms with Crippen molar-refractivity contribution in [3.8, 4) is 0 Å². The summed E-state index contributed by atoms with van der Waals surface area (Å²) in [7, 11) is 0. The normalized spacial score (nSPS) is 11.6. The van der Waals surface area contributed by atoms with E-state index in [1.165, 1.54) is 24.4 Å². The Bertz CT molecular complexity index is 1030. The molecule has 27 heavy (non-hydrogen) atoms. The quantitative estimate of drug-likeness (QED) is 0.593. The van der Waals surface area contributed by atoms with Crippen LogP contribution in [-0.2, 0) is 5.54 Å². The van der Waals surface area contributed by atoms with E-state index in [2.05, 4.69) is 25.7 Å². The summed E-state index contributed by atoms with van der Waals surface area (Å²) in [5.41, 5.74) is -0.162. The minimum Gasteiger partial charge on any atom is -0.354 e. The lowest BCUT2D eigenvalue weighted by Crippen LogP contribution is -2.30. The number of nitrogens with zero attached hydrogens (tertiary/aromatic N) is 3. The Kier molecular flexibility index (Phi) is 4.93. The van der Waals surface area contributed by atoms with Crippen molar-refractivity contribution in [3.05, 3.63) is 52.2 Å². The molecule has 0 unspecified atom stereocenters. The maximum Gasteiger partial charge on any atom is 0.263 e. The van der Waals surface area contributed by atoms with Gasteiger partial charge in [0, 0.05) is 13.1 Å². The van der Waals surface area contributed by atoms with Crippen molar-refractivity contribution in [2.24, 2.45) is 0 Å². The van der Waals surface area contributed by atoms with E-state index >= 15 is 0 Å². The van der Waals surface area contributed by atoms with E-state index in [0.717, 1.165) is 0 Å². The van der Waals surface area contributed by atoms with Crippen LogP contribution in [0.15, 0.2) is 35.3 Å². The van der Waals surface area contributed by atoms with E-state index < -0.39 is 11.7 Å². The summed E-state index contributed by atoms with van der Waals surface area (Å²) in [5, 5.41) is 10.2. The van der Waals surface area contributed by atoms with E-state index in [9.17, 15) is 14.0 Å². The van der Waals surface area contributed by atoms with Crippen LogP contribution in [0, 0.1) is 5.82 Å². The topological polar surface area (TPSA) is 105 Å². The van der Waals surface area contributed by atoms with E-state index in [4.69, 9.17) is 0 Å². The predicted molar refractivity (Wildman–Crippen MR) is 100 cm³/mol. The van der Waals surface area contributed by atoms with Gasteiger partial charge in [-0.3, -0.25) is 14.6 Å². The van der Waals surface area contributed by atoms with E-state index in [1.54, 1.807) is 10.7 Å². The summed E-state index contributed by atoms with van der Waals surface area (Å²) < 4.78 is 15.3. The van der Waals surface area contributed by atoms with Crippen LogP contribution < -0.4 is 16.2 Å². The fraction of sp³-hybridized carbons (Fsp3) is 0.333. The largest absolute Gasteiger partial charge is 0.354 e. The van der Waals surface area contributed by atoms with Crippen LogP contribution in [0.25, 0.3) is 11.0 Å². The van der Waals surface area contributed by atoms with Crippen LogP contribution in [0.3, 0.4) is 0 Å². The Hall–Kier alpha value is -3.23. The minimum absolute atomic E-state index is 0.0143. The number of carbonyl (C=O) groups is 1. The van der Waals surface area contributed by atoms with Crippen LogP contribution in [0.1, 0.15) is 31.1 Å². The molecule has 0 saturated heterocycles. The van der Waals surface area contributed by atoms with Gasteiger partial charge >= 0.3 is 0 Å². The van der Waals surface area contributed by atoms with Crippen LogP contribution in [-0.4, -0.2) is 38.7 Å². The van der Waals surface area contributed by atoms with Gasteiger partial charge in [0.05, 0.1) is 17.3 Å². The molecule has 1 aromatic carbocycles. The maximum absolute atomic E-state index is 13.6. The molecular formula is C18H21FN6O2. The third kappa shape index (κ3) is 3.97. The number of rotatable bonds is 5. The van der Waals surface area contributed by atoms with Crippen molar-refractivity contribution in [1.29, 1.82) is 0 Å². The molecular weight excluding hydrogens is 351 g/mol. The minimum atomic E-state index is -0.574. The average Bonchev–Trinajstić information content (AvgIpc) is 3.04. The second kappa shape index (κ2) is 7.18. The monoisotopic (exact) mass is 372 g/mol. The molecule has 2 heterocycles. The van der Waals surface area contributed by atoms with Crippen molar-refractivity contribution in [1.82, 2.24) is 25.1 Å². The molecule has 3 rings (SSSR count). The predicted octanol–water partition coefficient (Wildman–Crippen LogP) is 1.86. The first-order valence-electron chi connectivity index (χ1n) is 8.52. The number of carbonyl (C=O) groups excluding carboxylic acids is 1. The lowest BCUT2D eigenvalue weighted by molar-refractivity contribution is 0.0951. The van der Waals surface area contributed by atoms with E-state index in [-0.39, 0.29) is 29.2 Å². The van der Waals surface area contributed by atoms with Gasteiger partial charge in [-0.25, -0.2) is 9.07 Å². The number of anilines is 1. The summed E-state index contributed by atoms with van der Waals surface area (Å²) in [6.07, 6.45) is 1.49. The molecule has 0 spiro atoms. The standard InChI is InChI=1S/C18H21FN6O2/c1-18(2,3)25-14-12(10-22-25)16(27)24-17(23-14)21-9-8-20-15(26)11-6-4-5-7-13(11)19/h4-7,10H,8-9H2,1-3H3,(H,20,26)(H2,21,23,24,27). The van der Waals surface area contributed by atoms with Gasteiger partial charge in [0.2, 0.25) is 5.95 Å². The molecule has 2 aromatic heterocycles. The number of H-pyrrole nitrogens is 1. The number of aromatic nitrogens is 4. The molecule has 0 fully saturated rings. The number of hydrogen-bond acceptors (Lipinski definition) is 5.